The quantitative estimate of drug-likeness (QED) is 0.659. The highest BCUT2D eigenvalue weighted by Gasteiger charge is 2.31. The van der Waals surface area contributed by atoms with E-state index in [-0.39, 0.29) is 5.91 Å². The Balaban J connectivity index is 1.89. The highest BCUT2D eigenvalue weighted by Crippen LogP contribution is 2.31. The molecule has 0 bridgehead atoms. The van der Waals surface area contributed by atoms with Crippen LogP contribution in [-0.2, 0) is 16.1 Å². The number of hydrogen-bond acceptors (Lipinski definition) is 5. The number of thioether (sulfide) groups is 1. The minimum absolute atomic E-state index is 0.282. The third-order valence-electron chi connectivity index (χ3n) is 4.60. The topological polar surface area (TPSA) is 80.3 Å². The second-order valence-corrected chi connectivity index (χ2v) is 9.91. The average molecular weight is 408 g/mol. The van der Waals surface area contributed by atoms with E-state index >= 15 is 0 Å². The molecular formula is C21H33N3O3S. The van der Waals surface area contributed by atoms with Crippen LogP contribution in [-0.4, -0.2) is 33.9 Å². The van der Waals surface area contributed by atoms with Crippen LogP contribution in [0.1, 0.15) is 66.0 Å². The van der Waals surface area contributed by atoms with Gasteiger partial charge in [0, 0.05) is 16.8 Å². The second kappa shape index (κ2) is 9.63. The van der Waals surface area contributed by atoms with Crippen LogP contribution in [0.5, 0.6) is 0 Å². The second-order valence-electron chi connectivity index (χ2n) is 8.84. The third kappa shape index (κ3) is 7.34. The molecule has 0 atom stereocenters. The van der Waals surface area contributed by atoms with Gasteiger partial charge in [-0.3, -0.25) is 9.78 Å². The molecule has 1 aliphatic carbocycles. The van der Waals surface area contributed by atoms with Gasteiger partial charge in [-0.1, -0.05) is 12.8 Å². The minimum Gasteiger partial charge on any atom is -0.444 e. The molecule has 6 nitrogen and oxygen atoms in total. The monoisotopic (exact) mass is 407 g/mol. The summed E-state index contributed by atoms with van der Waals surface area (Å²) in [4.78, 5) is 30.1. The fraction of sp³-hybridized carbons (Fsp3) is 0.667. The van der Waals surface area contributed by atoms with Crippen molar-refractivity contribution in [2.75, 3.05) is 5.75 Å². The number of hydrogen-bond donors (Lipinski definition) is 2. The van der Waals surface area contributed by atoms with Gasteiger partial charge in [0.15, 0.2) is 0 Å². The molecule has 1 aromatic rings. The number of pyridine rings is 1. The SMILES string of the molecule is CC(C)(C)OC(=O)NC(C)(C)C(=O)NCc1ncccc1SCC1CCCC1. The lowest BCUT2D eigenvalue weighted by molar-refractivity contribution is -0.126. The van der Waals surface area contributed by atoms with Crippen molar-refractivity contribution in [2.24, 2.45) is 5.92 Å². The first kappa shape index (κ1) is 22.5. The summed E-state index contributed by atoms with van der Waals surface area (Å²) >= 11 is 1.82. The molecule has 2 N–H and O–H groups in total. The zero-order valence-electron chi connectivity index (χ0n) is 17.6. The molecule has 0 radical (unpaired) electrons. The van der Waals surface area contributed by atoms with Crippen molar-refractivity contribution in [3.05, 3.63) is 24.0 Å². The Morgan fingerprint density at radius 1 is 1.21 bits per heavy atom. The smallest absolute Gasteiger partial charge is 0.408 e. The summed E-state index contributed by atoms with van der Waals surface area (Å²) in [7, 11) is 0. The molecular weight excluding hydrogens is 374 g/mol. The number of aromatic nitrogens is 1. The first-order chi connectivity index (χ1) is 13.1. The van der Waals surface area contributed by atoms with Crippen LogP contribution in [0.15, 0.2) is 23.2 Å². The van der Waals surface area contributed by atoms with Crippen molar-refractivity contribution in [2.45, 2.75) is 82.9 Å². The summed E-state index contributed by atoms with van der Waals surface area (Å²) in [6, 6.07) is 3.98. The molecule has 7 heteroatoms. The number of ether oxygens (including phenoxy) is 1. The molecule has 0 saturated heterocycles. The number of nitrogens with one attached hydrogen (secondary N) is 2. The van der Waals surface area contributed by atoms with Crippen LogP contribution >= 0.6 is 11.8 Å². The molecule has 156 valence electrons. The summed E-state index contributed by atoms with van der Waals surface area (Å²) in [6.07, 6.45) is 6.42. The third-order valence-corrected chi connectivity index (χ3v) is 5.92. The zero-order valence-corrected chi connectivity index (χ0v) is 18.4. The van der Waals surface area contributed by atoms with E-state index in [9.17, 15) is 9.59 Å². The van der Waals surface area contributed by atoms with Gasteiger partial charge in [0.1, 0.15) is 11.1 Å². The fourth-order valence-electron chi connectivity index (χ4n) is 3.07. The summed E-state index contributed by atoms with van der Waals surface area (Å²) in [5.74, 6) is 1.60. The fourth-order valence-corrected chi connectivity index (χ4v) is 4.29. The predicted molar refractivity (Wildman–Crippen MR) is 112 cm³/mol. The van der Waals surface area contributed by atoms with Gasteiger partial charge in [0.2, 0.25) is 5.91 Å². The van der Waals surface area contributed by atoms with Gasteiger partial charge in [-0.05, 0) is 65.5 Å². The summed E-state index contributed by atoms with van der Waals surface area (Å²) in [6.45, 7) is 8.98. The maximum Gasteiger partial charge on any atom is 0.408 e. The Bertz CT molecular complexity index is 680. The van der Waals surface area contributed by atoms with Crippen molar-refractivity contribution in [1.82, 2.24) is 15.6 Å². The number of carbonyl (C=O) groups excluding carboxylic acids is 2. The molecule has 0 unspecified atom stereocenters. The van der Waals surface area contributed by atoms with E-state index < -0.39 is 17.2 Å². The summed E-state index contributed by atoms with van der Waals surface area (Å²) in [5, 5.41) is 5.52. The lowest BCUT2D eigenvalue weighted by atomic mass is 10.1. The Morgan fingerprint density at radius 3 is 2.54 bits per heavy atom. The summed E-state index contributed by atoms with van der Waals surface area (Å²) in [5.41, 5.74) is -0.850. The number of carbonyl (C=O) groups is 2. The normalized spacial score (nSPS) is 15.3. The Labute approximate surface area is 172 Å². The van der Waals surface area contributed by atoms with E-state index in [1.165, 1.54) is 25.7 Å². The molecule has 1 heterocycles. The van der Waals surface area contributed by atoms with Crippen LogP contribution < -0.4 is 10.6 Å². The van der Waals surface area contributed by atoms with E-state index in [1.807, 2.05) is 17.8 Å². The van der Waals surface area contributed by atoms with Gasteiger partial charge < -0.3 is 15.4 Å². The molecule has 1 aromatic heterocycles. The van der Waals surface area contributed by atoms with E-state index in [1.54, 1.807) is 40.8 Å². The molecule has 2 amide bonds. The predicted octanol–water partition coefficient (Wildman–Crippen LogP) is 4.28. The number of amides is 2. The van der Waals surface area contributed by atoms with Crippen molar-refractivity contribution < 1.29 is 14.3 Å². The van der Waals surface area contributed by atoms with Crippen LogP contribution in [0, 0.1) is 5.92 Å². The first-order valence-corrected chi connectivity index (χ1v) is 10.9. The van der Waals surface area contributed by atoms with Crippen LogP contribution in [0.25, 0.3) is 0 Å². The standard InChI is InChI=1S/C21H33N3O3S/c1-20(2,3)27-19(26)24-21(4,5)18(25)23-13-16-17(11-8-12-22-16)28-14-15-9-6-7-10-15/h8,11-12,15H,6-7,9-10,13-14H2,1-5H3,(H,23,25)(H,24,26). The molecule has 1 fully saturated rings. The molecule has 1 aliphatic rings. The van der Waals surface area contributed by atoms with Crippen LogP contribution in [0.4, 0.5) is 4.79 Å². The largest absolute Gasteiger partial charge is 0.444 e. The number of alkyl carbamates (subject to hydrolysis) is 1. The highest BCUT2D eigenvalue weighted by molar-refractivity contribution is 7.99. The van der Waals surface area contributed by atoms with Gasteiger partial charge in [0.25, 0.3) is 0 Å². The van der Waals surface area contributed by atoms with Crippen molar-refractivity contribution in [3.8, 4) is 0 Å². The lowest BCUT2D eigenvalue weighted by Crippen LogP contribution is -2.55. The van der Waals surface area contributed by atoms with Crippen molar-refractivity contribution in [3.63, 3.8) is 0 Å². The van der Waals surface area contributed by atoms with Gasteiger partial charge >= 0.3 is 6.09 Å². The minimum atomic E-state index is -1.09. The van der Waals surface area contributed by atoms with Crippen molar-refractivity contribution >= 4 is 23.8 Å². The number of nitrogens with zero attached hydrogens (tertiary/aromatic N) is 1. The zero-order chi connectivity index (χ0) is 20.8. The van der Waals surface area contributed by atoms with E-state index in [4.69, 9.17) is 4.74 Å². The molecule has 0 aliphatic heterocycles. The van der Waals surface area contributed by atoms with Crippen LogP contribution in [0.3, 0.4) is 0 Å². The maximum absolute atomic E-state index is 12.6. The van der Waals surface area contributed by atoms with Gasteiger partial charge in [0.05, 0.1) is 12.2 Å². The van der Waals surface area contributed by atoms with Gasteiger partial charge in [-0.2, -0.15) is 0 Å². The Hall–Kier alpha value is -1.76. The first-order valence-electron chi connectivity index (χ1n) is 9.93. The lowest BCUT2D eigenvalue weighted by Gasteiger charge is -2.27. The molecule has 1 saturated carbocycles. The average Bonchev–Trinajstić information content (AvgIpc) is 3.09. The molecule has 28 heavy (non-hydrogen) atoms. The number of rotatable bonds is 7. The van der Waals surface area contributed by atoms with E-state index in [2.05, 4.69) is 21.7 Å². The maximum atomic E-state index is 12.6. The van der Waals surface area contributed by atoms with Crippen LogP contribution in [0.2, 0.25) is 0 Å². The van der Waals surface area contributed by atoms with Gasteiger partial charge in [-0.25, -0.2) is 4.79 Å². The summed E-state index contributed by atoms with van der Waals surface area (Å²) < 4.78 is 5.24. The van der Waals surface area contributed by atoms with E-state index in [0.29, 0.717) is 6.54 Å². The molecule has 0 spiro atoms. The van der Waals surface area contributed by atoms with Gasteiger partial charge in [-0.15, -0.1) is 11.8 Å². The molecule has 0 aromatic carbocycles. The Morgan fingerprint density at radius 2 is 1.89 bits per heavy atom. The highest BCUT2D eigenvalue weighted by atomic mass is 32.2. The Kier molecular flexibility index (Phi) is 7.75. The van der Waals surface area contributed by atoms with Crippen molar-refractivity contribution in [1.29, 1.82) is 0 Å². The molecule has 2 rings (SSSR count). The van der Waals surface area contributed by atoms with E-state index in [0.717, 1.165) is 22.3 Å².